The maximum atomic E-state index is 13.0. The van der Waals surface area contributed by atoms with Gasteiger partial charge in [0.2, 0.25) is 5.91 Å². The Morgan fingerprint density at radius 3 is 2.62 bits per heavy atom. The van der Waals surface area contributed by atoms with Gasteiger partial charge in [-0.2, -0.15) is 0 Å². The van der Waals surface area contributed by atoms with Gasteiger partial charge in [0, 0.05) is 16.0 Å². The Bertz CT molecular complexity index is 892. The molecule has 4 rings (SSSR count). The van der Waals surface area contributed by atoms with Gasteiger partial charge in [-0.3, -0.25) is 9.36 Å². The minimum Gasteiger partial charge on any atom is -0.283 e. The smallest absolute Gasteiger partial charge is 0.241 e. The lowest BCUT2D eigenvalue weighted by atomic mass is 9.96. The molecule has 0 N–H and O–H groups in total. The minimum absolute atomic E-state index is 0.194. The molecule has 1 aliphatic carbocycles. The molecule has 1 heterocycles. The van der Waals surface area contributed by atoms with Crippen LogP contribution in [0.4, 0.5) is 0 Å². The van der Waals surface area contributed by atoms with Crippen molar-refractivity contribution in [3.63, 3.8) is 0 Å². The molecule has 1 aromatic heterocycles. The number of aryl methyl sites for hydroxylation is 2. The van der Waals surface area contributed by atoms with E-state index in [-0.39, 0.29) is 5.91 Å². The molecular formula is C21H21NOS. The first-order chi connectivity index (χ1) is 11.7. The maximum Gasteiger partial charge on any atom is 0.241 e. The van der Waals surface area contributed by atoms with Crippen LogP contribution >= 0.6 is 11.8 Å². The third-order valence-corrected chi connectivity index (χ3v) is 5.81. The number of para-hydroxylation sites is 1. The number of carbonyl (C=O) groups excluding carboxylic acids is 1. The second-order valence-electron chi connectivity index (χ2n) is 6.48. The third-order valence-electron chi connectivity index (χ3n) is 4.81. The van der Waals surface area contributed by atoms with Crippen LogP contribution in [-0.2, 0) is 12.8 Å². The first-order valence-electron chi connectivity index (χ1n) is 8.58. The van der Waals surface area contributed by atoms with Crippen LogP contribution in [-0.4, -0.2) is 16.2 Å². The number of nitrogens with zero attached hydrogens (tertiary/aromatic N) is 1. The summed E-state index contributed by atoms with van der Waals surface area (Å²) < 4.78 is 1.99. The van der Waals surface area contributed by atoms with Crippen LogP contribution in [0.25, 0.3) is 10.9 Å². The molecule has 0 atom stereocenters. The van der Waals surface area contributed by atoms with Crippen molar-refractivity contribution in [1.82, 2.24) is 4.57 Å². The summed E-state index contributed by atoms with van der Waals surface area (Å²) in [6.07, 6.45) is 4.53. The average Bonchev–Trinajstić information content (AvgIpc) is 2.96. The van der Waals surface area contributed by atoms with Gasteiger partial charge in [0.25, 0.3) is 0 Å². The number of fused-ring (bicyclic) bond motifs is 3. The van der Waals surface area contributed by atoms with Gasteiger partial charge in [0.15, 0.2) is 0 Å². The third kappa shape index (κ3) is 2.78. The molecular weight excluding hydrogens is 314 g/mol. The molecule has 3 aromatic rings. The predicted octanol–water partition coefficient (Wildman–Crippen LogP) is 5.26. The van der Waals surface area contributed by atoms with Gasteiger partial charge in [-0.05, 0) is 56.4 Å². The molecule has 0 amide bonds. The molecule has 2 aromatic carbocycles. The zero-order valence-electron chi connectivity index (χ0n) is 13.9. The molecule has 24 heavy (non-hydrogen) atoms. The SMILES string of the molecule is Cc1ccc(SCC(=O)n2c3c(c4ccccc42)CCCC3)cc1. The average molecular weight is 335 g/mol. The highest BCUT2D eigenvalue weighted by molar-refractivity contribution is 8.00. The van der Waals surface area contributed by atoms with E-state index in [4.69, 9.17) is 0 Å². The van der Waals surface area contributed by atoms with E-state index in [0.717, 1.165) is 23.3 Å². The molecule has 0 radical (unpaired) electrons. The normalized spacial score (nSPS) is 13.9. The number of hydrogen-bond donors (Lipinski definition) is 0. The lowest BCUT2D eigenvalue weighted by Crippen LogP contribution is -2.18. The summed E-state index contributed by atoms with van der Waals surface area (Å²) in [6, 6.07) is 16.7. The van der Waals surface area contributed by atoms with Gasteiger partial charge in [0.1, 0.15) is 0 Å². The van der Waals surface area contributed by atoms with E-state index >= 15 is 0 Å². The van der Waals surface area contributed by atoms with Crippen molar-refractivity contribution in [2.24, 2.45) is 0 Å². The first kappa shape index (κ1) is 15.5. The van der Waals surface area contributed by atoms with Gasteiger partial charge < -0.3 is 0 Å². The van der Waals surface area contributed by atoms with Crippen molar-refractivity contribution in [1.29, 1.82) is 0 Å². The number of rotatable bonds is 3. The number of thioether (sulfide) groups is 1. The molecule has 0 saturated carbocycles. The van der Waals surface area contributed by atoms with Crippen molar-refractivity contribution in [2.75, 3.05) is 5.75 Å². The monoisotopic (exact) mass is 335 g/mol. The standard InChI is InChI=1S/C21H21NOS/c1-15-10-12-16(13-11-15)24-14-21(23)22-19-8-4-2-6-17(19)18-7-3-5-9-20(18)22/h2,4,6,8,10-13H,3,5,7,9,14H2,1H3. The Labute approximate surface area is 146 Å². The van der Waals surface area contributed by atoms with Crippen LogP contribution in [0.2, 0.25) is 0 Å². The second-order valence-corrected chi connectivity index (χ2v) is 7.53. The van der Waals surface area contributed by atoms with Gasteiger partial charge in [-0.15, -0.1) is 11.8 Å². The van der Waals surface area contributed by atoms with Gasteiger partial charge in [0.05, 0.1) is 11.3 Å². The van der Waals surface area contributed by atoms with Crippen molar-refractivity contribution < 1.29 is 4.79 Å². The summed E-state index contributed by atoms with van der Waals surface area (Å²) in [4.78, 5) is 14.1. The van der Waals surface area contributed by atoms with Crippen molar-refractivity contribution in [3.05, 3.63) is 65.4 Å². The van der Waals surface area contributed by atoms with Crippen LogP contribution in [0.5, 0.6) is 0 Å². The fourth-order valence-electron chi connectivity index (χ4n) is 3.62. The molecule has 0 aliphatic heterocycles. The Morgan fingerprint density at radius 1 is 1.04 bits per heavy atom. The summed E-state index contributed by atoms with van der Waals surface area (Å²) in [6.45, 7) is 2.08. The quantitative estimate of drug-likeness (QED) is 0.609. The van der Waals surface area contributed by atoms with Crippen LogP contribution < -0.4 is 0 Å². The highest BCUT2D eigenvalue weighted by Crippen LogP contribution is 2.32. The maximum absolute atomic E-state index is 13.0. The van der Waals surface area contributed by atoms with E-state index < -0.39 is 0 Å². The Balaban J connectivity index is 1.65. The predicted molar refractivity (Wildman–Crippen MR) is 101 cm³/mol. The second kappa shape index (κ2) is 6.48. The van der Waals surface area contributed by atoms with E-state index in [1.807, 2.05) is 10.6 Å². The largest absolute Gasteiger partial charge is 0.283 e. The van der Waals surface area contributed by atoms with Gasteiger partial charge >= 0.3 is 0 Å². The molecule has 122 valence electrons. The molecule has 0 spiro atoms. The van der Waals surface area contributed by atoms with Crippen LogP contribution in [0, 0.1) is 6.92 Å². The first-order valence-corrected chi connectivity index (χ1v) is 9.56. The van der Waals surface area contributed by atoms with Gasteiger partial charge in [-0.1, -0.05) is 35.9 Å². The van der Waals surface area contributed by atoms with Crippen molar-refractivity contribution in [3.8, 4) is 0 Å². The van der Waals surface area contributed by atoms with Crippen LogP contribution in [0.1, 0.15) is 34.5 Å². The molecule has 0 unspecified atom stereocenters. The lowest BCUT2D eigenvalue weighted by Gasteiger charge is -2.15. The van der Waals surface area contributed by atoms with Crippen LogP contribution in [0.3, 0.4) is 0 Å². The van der Waals surface area contributed by atoms with E-state index in [1.165, 1.54) is 35.0 Å². The van der Waals surface area contributed by atoms with E-state index in [0.29, 0.717) is 5.75 Å². The van der Waals surface area contributed by atoms with Gasteiger partial charge in [-0.25, -0.2) is 0 Å². The van der Waals surface area contributed by atoms with E-state index in [9.17, 15) is 4.79 Å². The molecule has 3 heteroatoms. The molecule has 0 fully saturated rings. The Morgan fingerprint density at radius 2 is 1.79 bits per heavy atom. The lowest BCUT2D eigenvalue weighted by molar-refractivity contribution is 0.0943. The number of benzene rings is 2. The molecule has 0 bridgehead atoms. The summed E-state index contributed by atoms with van der Waals surface area (Å²) in [5, 5.41) is 1.26. The Kier molecular flexibility index (Phi) is 4.19. The summed E-state index contributed by atoms with van der Waals surface area (Å²) in [7, 11) is 0. The zero-order valence-corrected chi connectivity index (χ0v) is 14.7. The fourth-order valence-corrected chi connectivity index (χ4v) is 4.37. The summed E-state index contributed by atoms with van der Waals surface area (Å²) in [5.41, 5.74) is 4.97. The number of carbonyl (C=O) groups is 1. The summed E-state index contributed by atoms with van der Waals surface area (Å²) in [5.74, 6) is 0.675. The van der Waals surface area contributed by atoms with Crippen LogP contribution in [0.15, 0.2) is 53.4 Å². The number of aromatic nitrogens is 1. The number of hydrogen-bond acceptors (Lipinski definition) is 2. The minimum atomic E-state index is 0.194. The molecule has 2 nitrogen and oxygen atoms in total. The van der Waals surface area contributed by atoms with E-state index in [1.54, 1.807) is 11.8 Å². The topological polar surface area (TPSA) is 22.0 Å². The van der Waals surface area contributed by atoms with Crippen molar-refractivity contribution in [2.45, 2.75) is 37.5 Å². The molecule has 0 saturated heterocycles. The van der Waals surface area contributed by atoms with E-state index in [2.05, 4.69) is 49.4 Å². The highest BCUT2D eigenvalue weighted by atomic mass is 32.2. The Hall–Kier alpha value is -2.00. The fraction of sp³-hybridized carbons (Fsp3) is 0.286. The zero-order chi connectivity index (χ0) is 16.5. The summed E-state index contributed by atoms with van der Waals surface area (Å²) >= 11 is 1.62. The molecule has 1 aliphatic rings. The van der Waals surface area contributed by atoms with Crippen molar-refractivity contribution >= 4 is 28.6 Å². The highest BCUT2D eigenvalue weighted by Gasteiger charge is 2.22.